The molecular weight excluding hydrogens is 292 g/mol. The summed E-state index contributed by atoms with van der Waals surface area (Å²) < 4.78 is 0. The Hall–Kier alpha value is -1.91. The van der Waals surface area contributed by atoms with Crippen LogP contribution in [0.4, 0.5) is 5.69 Å². The maximum atomic E-state index is 11.9. The summed E-state index contributed by atoms with van der Waals surface area (Å²) >= 11 is 10.7. The van der Waals surface area contributed by atoms with Crippen LogP contribution in [0.25, 0.3) is 0 Å². The van der Waals surface area contributed by atoms with Crippen LogP contribution in [0.3, 0.4) is 0 Å². The van der Waals surface area contributed by atoms with Gasteiger partial charge in [0.25, 0.3) is 0 Å². The number of nitrogens with two attached hydrogens (primary N) is 1. The Bertz CT molecular complexity index is 623. The molecule has 0 aliphatic carbocycles. The largest absolute Gasteiger partial charge is 0.389 e. The molecule has 0 fully saturated rings. The van der Waals surface area contributed by atoms with Gasteiger partial charge in [0.05, 0.1) is 6.42 Å². The van der Waals surface area contributed by atoms with Gasteiger partial charge >= 0.3 is 0 Å². The van der Waals surface area contributed by atoms with E-state index < -0.39 is 0 Å². The molecule has 3 N–H and O–H groups in total. The molecule has 0 aromatic heterocycles. The van der Waals surface area contributed by atoms with Crippen LogP contribution in [0.15, 0.2) is 48.5 Å². The molecule has 0 unspecified atom stereocenters. The molecule has 0 aliphatic heterocycles. The number of benzene rings is 2. The maximum Gasteiger partial charge on any atom is 0.228 e. The Morgan fingerprint density at radius 3 is 2.25 bits per heavy atom. The normalized spacial score (nSPS) is 10.1. The Kier molecular flexibility index (Phi) is 4.71. The molecule has 0 saturated carbocycles. The Labute approximate surface area is 127 Å². The molecule has 0 atom stereocenters. The van der Waals surface area contributed by atoms with Crippen molar-refractivity contribution in [3.05, 3.63) is 64.7 Å². The van der Waals surface area contributed by atoms with Crippen LogP contribution in [-0.2, 0) is 11.2 Å². The zero-order valence-corrected chi connectivity index (χ0v) is 12.2. The summed E-state index contributed by atoms with van der Waals surface area (Å²) in [5.41, 5.74) is 7.94. The van der Waals surface area contributed by atoms with Gasteiger partial charge < -0.3 is 11.1 Å². The third-order valence-corrected chi connectivity index (χ3v) is 3.22. The standard InChI is InChI=1S/C15H13ClN2OS/c16-12-5-7-13(8-6-12)18-14(19)9-10-1-3-11(4-2-10)15(17)20/h1-8H,9H2,(H2,17,20)(H,18,19). The average molecular weight is 305 g/mol. The van der Waals surface area contributed by atoms with Crippen molar-refractivity contribution >= 4 is 40.4 Å². The van der Waals surface area contributed by atoms with Gasteiger partial charge in [0.2, 0.25) is 5.91 Å². The van der Waals surface area contributed by atoms with E-state index in [9.17, 15) is 4.79 Å². The summed E-state index contributed by atoms with van der Waals surface area (Å²) in [5.74, 6) is -0.0876. The lowest BCUT2D eigenvalue weighted by atomic mass is 10.1. The minimum absolute atomic E-state index is 0.0876. The summed E-state index contributed by atoms with van der Waals surface area (Å²) in [6, 6.07) is 14.3. The van der Waals surface area contributed by atoms with E-state index in [1.165, 1.54) is 0 Å². The van der Waals surface area contributed by atoms with E-state index >= 15 is 0 Å². The van der Waals surface area contributed by atoms with E-state index in [4.69, 9.17) is 29.6 Å². The van der Waals surface area contributed by atoms with E-state index in [1.54, 1.807) is 24.3 Å². The first kappa shape index (κ1) is 14.5. The third-order valence-electron chi connectivity index (χ3n) is 2.73. The van der Waals surface area contributed by atoms with Crippen molar-refractivity contribution in [1.82, 2.24) is 0 Å². The molecule has 0 radical (unpaired) electrons. The lowest BCUT2D eigenvalue weighted by molar-refractivity contribution is -0.115. The Morgan fingerprint density at radius 2 is 1.70 bits per heavy atom. The van der Waals surface area contributed by atoms with Crippen molar-refractivity contribution < 1.29 is 4.79 Å². The first-order valence-electron chi connectivity index (χ1n) is 5.99. The van der Waals surface area contributed by atoms with E-state index in [0.29, 0.717) is 16.4 Å². The van der Waals surface area contributed by atoms with Crippen LogP contribution in [0.2, 0.25) is 5.02 Å². The van der Waals surface area contributed by atoms with Gasteiger partial charge in [0.1, 0.15) is 4.99 Å². The number of nitrogens with one attached hydrogen (secondary N) is 1. The van der Waals surface area contributed by atoms with Gasteiger partial charge in [-0.2, -0.15) is 0 Å². The SMILES string of the molecule is NC(=S)c1ccc(CC(=O)Nc2ccc(Cl)cc2)cc1. The van der Waals surface area contributed by atoms with Crippen molar-refractivity contribution in [3.63, 3.8) is 0 Å². The summed E-state index contributed by atoms with van der Waals surface area (Å²) in [5, 5.41) is 3.44. The lowest BCUT2D eigenvalue weighted by Crippen LogP contribution is -2.14. The zero-order valence-electron chi connectivity index (χ0n) is 10.6. The number of carbonyl (C=O) groups excluding carboxylic acids is 1. The van der Waals surface area contributed by atoms with Crippen molar-refractivity contribution in [2.45, 2.75) is 6.42 Å². The van der Waals surface area contributed by atoms with Gasteiger partial charge in [-0.15, -0.1) is 0 Å². The Morgan fingerprint density at radius 1 is 1.10 bits per heavy atom. The number of hydrogen-bond donors (Lipinski definition) is 2. The Balaban J connectivity index is 1.97. The molecule has 1 amide bonds. The van der Waals surface area contributed by atoms with E-state index in [1.807, 2.05) is 24.3 Å². The highest BCUT2D eigenvalue weighted by molar-refractivity contribution is 7.80. The van der Waals surface area contributed by atoms with Gasteiger partial charge in [-0.1, -0.05) is 48.1 Å². The van der Waals surface area contributed by atoms with Gasteiger partial charge in [0, 0.05) is 16.3 Å². The molecule has 20 heavy (non-hydrogen) atoms. The predicted octanol–water partition coefficient (Wildman–Crippen LogP) is 3.16. The quantitative estimate of drug-likeness (QED) is 0.853. The van der Waals surface area contributed by atoms with E-state index in [0.717, 1.165) is 16.8 Å². The number of amides is 1. The summed E-state index contributed by atoms with van der Waals surface area (Å²) in [4.78, 5) is 12.2. The molecule has 2 rings (SSSR count). The molecule has 5 heteroatoms. The third kappa shape index (κ3) is 4.05. The van der Waals surface area contributed by atoms with Crippen LogP contribution in [0.1, 0.15) is 11.1 Å². The molecule has 0 heterocycles. The molecule has 2 aromatic carbocycles. The molecule has 102 valence electrons. The lowest BCUT2D eigenvalue weighted by Gasteiger charge is -2.06. The molecular formula is C15H13ClN2OS. The number of carbonyl (C=O) groups is 1. The van der Waals surface area contributed by atoms with Gasteiger partial charge in [-0.25, -0.2) is 0 Å². The summed E-state index contributed by atoms with van der Waals surface area (Å²) in [6.45, 7) is 0. The number of thiocarbonyl (C=S) groups is 1. The van der Waals surface area contributed by atoms with Crippen LogP contribution in [0.5, 0.6) is 0 Å². The highest BCUT2D eigenvalue weighted by Gasteiger charge is 2.05. The molecule has 2 aromatic rings. The van der Waals surface area contributed by atoms with E-state index in [-0.39, 0.29) is 5.91 Å². The monoisotopic (exact) mass is 304 g/mol. The zero-order chi connectivity index (χ0) is 14.5. The minimum Gasteiger partial charge on any atom is -0.389 e. The fourth-order valence-corrected chi connectivity index (χ4v) is 1.97. The second-order valence-corrected chi connectivity index (χ2v) is 5.17. The van der Waals surface area contributed by atoms with Crippen molar-refractivity contribution in [2.24, 2.45) is 5.73 Å². The van der Waals surface area contributed by atoms with Crippen LogP contribution in [0, 0.1) is 0 Å². The second kappa shape index (κ2) is 6.50. The van der Waals surface area contributed by atoms with Crippen LogP contribution >= 0.6 is 23.8 Å². The topological polar surface area (TPSA) is 55.1 Å². The molecule has 0 spiro atoms. The van der Waals surface area contributed by atoms with Gasteiger partial charge in [0.15, 0.2) is 0 Å². The molecule has 0 bridgehead atoms. The second-order valence-electron chi connectivity index (χ2n) is 4.29. The summed E-state index contributed by atoms with van der Waals surface area (Å²) in [7, 11) is 0. The number of rotatable bonds is 4. The molecule has 0 saturated heterocycles. The van der Waals surface area contributed by atoms with E-state index in [2.05, 4.69) is 5.32 Å². The summed E-state index contributed by atoms with van der Waals surface area (Å²) in [6.07, 6.45) is 0.292. The minimum atomic E-state index is -0.0876. The number of hydrogen-bond acceptors (Lipinski definition) is 2. The average Bonchev–Trinajstić information content (AvgIpc) is 2.42. The van der Waals surface area contributed by atoms with Crippen molar-refractivity contribution in [3.8, 4) is 0 Å². The number of anilines is 1. The highest BCUT2D eigenvalue weighted by atomic mass is 35.5. The van der Waals surface area contributed by atoms with Crippen LogP contribution in [-0.4, -0.2) is 10.9 Å². The predicted molar refractivity (Wildman–Crippen MR) is 86.1 cm³/mol. The molecule has 0 aliphatic rings. The number of halogens is 1. The highest BCUT2D eigenvalue weighted by Crippen LogP contribution is 2.14. The van der Waals surface area contributed by atoms with Crippen molar-refractivity contribution in [1.29, 1.82) is 0 Å². The fraction of sp³-hybridized carbons (Fsp3) is 0.0667. The first-order valence-corrected chi connectivity index (χ1v) is 6.77. The van der Waals surface area contributed by atoms with Crippen LogP contribution < -0.4 is 11.1 Å². The maximum absolute atomic E-state index is 11.9. The first-order chi connectivity index (χ1) is 9.54. The smallest absolute Gasteiger partial charge is 0.228 e. The molecule has 3 nitrogen and oxygen atoms in total. The van der Waals surface area contributed by atoms with Crippen molar-refractivity contribution in [2.75, 3.05) is 5.32 Å². The fourth-order valence-electron chi connectivity index (χ4n) is 1.71. The van der Waals surface area contributed by atoms with Gasteiger partial charge in [-0.3, -0.25) is 4.79 Å². The van der Waals surface area contributed by atoms with Gasteiger partial charge in [-0.05, 0) is 29.8 Å².